The first-order valence-electron chi connectivity index (χ1n) is 39.9. The SMILES string of the molecule is NCCN(CCNC(=O)c1ccc(C(=O)NCCCCNC(=O)/N=C(/N)NCCC[C@@H](NC(=O)C(c2ccccc2)c2ccccc2)C(=O)NCc2ccc(O)cc2)cc1)CCNC(=O)c1ccc(C(=O)NCCCCNC(=O)/N=C(/N)NCCC[C@@H](NC(=O)C(c2ccccc2)c2ccccc2)C(=O)NCc2ccc(O)cc2)cc1.O=C(O)C(F)(F)F. The van der Waals surface area contributed by atoms with E-state index in [1.807, 2.05) is 126 Å². The van der Waals surface area contributed by atoms with Gasteiger partial charge in [-0.25, -0.2) is 14.4 Å². The second kappa shape index (κ2) is 52.0. The molecule has 0 fully saturated rings. The van der Waals surface area contributed by atoms with Crippen molar-refractivity contribution in [2.45, 2.75) is 94.6 Å². The molecule has 21 N–H and O–H groups in total. The van der Waals surface area contributed by atoms with Crippen LogP contribution in [0.25, 0.3) is 0 Å². The molecule has 0 unspecified atom stereocenters. The molecule has 0 saturated heterocycles. The zero-order valence-corrected chi connectivity index (χ0v) is 67.7. The molecule has 0 bridgehead atoms. The Kier molecular flexibility index (Phi) is 40.5. The van der Waals surface area contributed by atoms with E-state index < -0.39 is 59.9 Å². The number of aliphatic imine (C=N–C) groups is 2. The molecule has 0 spiro atoms. The number of phenolic OH excluding ortho intramolecular Hbond substituents is 2. The van der Waals surface area contributed by atoms with Crippen LogP contribution in [0.15, 0.2) is 228 Å². The van der Waals surface area contributed by atoms with Crippen molar-refractivity contribution in [1.29, 1.82) is 0 Å². The predicted molar refractivity (Wildman–Crippen MR) is 458 cm³/mol. The van der Waals surface area contributed by atoms with Crippen LogP contribution in [0, 0.1) is 0 Å². The summed E-state index contributed by atoms with van der Waals surface area (Å²) in [4.78, 5) is 151. The average molecular weight is 1700 g/mol. The Labute approximate surface area is 709 Å². The predicted octanol–water partition coefficient (Wildman–Crippen LogP) is 6.23. The van der Waals surface area contributed by atoms with Gasteiger partial charge in [-0.1, -0.05) is 146 Å². The summed E-state index contributed by atoms with van der Waals surface area (Å²) >= 11 is 0. The molecular formula is C88H105F3N18O14. The van der Waals surface area contributed by atoms with Crippen LogP contribution < -0.4 is 81.0 Å². The molecule has 0 aromatic heterocycles. The lowest BCUT2D eigenvalue weighted by Crippen LogP contribution is -2.48. The van der Waals surface area contributed by atoms with Crippen molar-refractivity contribution in [1.82, 2.24) is 68.7 Å². The minimum absolute atomic E-state index is 0.0943. The number of alkyl halides is 3. The van der Waals surface area contributed by atoms with Gasteiger partial charge in [0.25, 0.3) is 23.6 Å². The lowest BCUT2D eigenvalue weighted by atomic mass is 9.90. The number of hydrogen-bond acceptors (Lipinski definition) is 15. The number of carboxylic acids is 1. The lowest BCUT2D eigenvalue weighted by molar-refractivity contribution is -0.192. The van der Waals surface area contributed by atoms with Gasteiger partial charge in [-0.2, -0.15) is 23.2 Å². The molecule has 12 amide bonds. The molecule has 8 rings (SSSR count). The first kappa shape index (κ1) is 95.9. The molecule has 0 saturated carbocycles. The van der Waals surface area contributed by atoms with Gasteiger partial charge in [0.1, 0.15) is 23.6 Å². The molecule has 32 nitrogen and oxygen atoms in total. The number of halogens is 3. The number of unbranched alkanes of at least 4 members (excludes halogenated alkanes) is 2. The van der Waals surface area contributed by atoms with Crippen molar-refractivity contribution in [3.8, 4) is 11.5 Å². The summed E-state index contributed by atoms with van der Waals surface area (Å²) in [6.07, 6.45) is -1.83. The topological polar surface area (TPSA) is 499 Å². The fraction of sp³-hybridized carbons (Fsp3) is 0.307. The smallest absolute Gasteiger partial charge is 0.490 e. The number of carbonyl (C=O) groups excluding carboxylic acids is 10. The fourth-order valence-corrected chi connectivity index (χ4v) is 12.3. The van der Waals surface area contributed by atoms with Gasteiger partial charge in [0.05, 0.1) is 11.8 Å². The Morgan fingerprint density at radius 2 is 0.626 bits per heavy atom. The van der Waals surface area contributed by atoms with E-state index in [2.05, 4.69) is 73.8 Å². The maximum Gasteiger partial charge on any atom is 0.490 e. The zero-order chi connectivity index (χ0) is 88.7. The monoisotopic (exact) mass is 1690 g/mol. The molecule has 123 heavy (non-hydrogen) atoms. The lowest BCUT2D eigenvalue weighted by Gasteiger charge is -2.23. The fourth-order valence-electron chi connectivity index (χ4n) is 12.3. The number of urea groups is 2. The van der Waals surface area contributed by atoms with E-state index in [1.54, 1.807) is 72.8 Å². The molecule has 0 aliphatic rings. The van der Waals surface area contributed by atoms with Crippen LogP contribution in [0.1, 0.15) is 138 Å². The highest BCUT2D eigenvalue weighted by Crippen LogP contribution is 2.27. The van der Waals surface area contributed by atoms with E-state index in [-0.39, 0.29) is 124 Å². The van der Waals surface area contributed by atoms with Crippen LogP contribution >= 0.6 is 0 Å². The number of carboxylic acid groups (broad SMARTS) is 1. The summed E-state index contributed by atoms with van der Waals surface area (Å²) in [6, 6.07) is 59.2. The van der Waals surface area contributed by atoms with E-state index in [4.69, 9.17) is 27.1 Å². The number of benzene rings is 8. The Morgan fingerprint density at radius 3 is 0.911 bits per heavy atom. The molecule has 35 heteroatoms. The number of nitrogens with two attached hydrogens (primary N) is 3. The number of aromatic hydroxyl groups is 2. The standard InChI is InChI=1S/C86H104N18O12.C2HF3O2/c87-45-54-104(55-52-92-77(109)67-37-33-65(34-38-67)75(107)90-46-13-15-48-96-85(115)102-83(88)94-50-17-27-71(79(111)98-57-59-29-41-69(105)42-30-59)100-81(113)73(61-19-5-1-6-20-61)62-21-7-2-8-22-62)56-53-93-78(110)68-39-35-66(36-40-68)76(108)91-47-14-16-49-97-86(116)103-84(89)95-51-18-28-72(80(112)99-58-60-31-43-70(106)44-32-60)101-82(114)74(63-23-9-3-10-24-63)64-25-11-4-12-26-64;3-2(4,5)1(6)7/h1-12,19-26,29-44,71-74,105-106H,13-18,27-28,45-58,87H2,(H,90,107)(H,91,108)(H,92,109)(H,93,110)(H,98,111)(H,99,112)(H,100,113)(H,101,114)(H4,88,94,96,102,115)(H4,89,95,97,103,116);(H,6,7)/t71-,72-;/m1./s1. The van der Waals surface area contributed by atoms with Crippen molar-refractivity contribution < 1.29 is 81.2 Å². The normalized spacial score (nSPS) is 11.8. The minimum atomic E-state index is -5.08. The number of rotatable bonds is 44. The molecule has 2 atom stereocenters. The second-order valence-electron chi connectivity index (χ2n) is 28.0. The van der Waals surface area contributed by atoms with Crippen molar-refractivity contribution >= 4 is 77.2 Å². The Morgan fingerprint density at radius 1 is 0.350 bits per heavy atom. The van der Waals surface area contributed by atoms with Crippen molar-refractivity contribution in [2.75, 3.05) is 78.5 Å². The second-order valence-corrected chi connectivity index (χ2v) is 28.0. The van der Waals surface area contributed by atoms with E-state index in [9.17, 15) is 71.3 Å². The number of carbonyl (C=O) groups is 11. The van der Waals surface area contributed by atoms with E-state index >= 15 is 0 Å². The summed E-state index contributed by atoms with van der Waals surface area (Å²) in [5, 5.41) is 60.8. The summed E-state index contributed by atoms with van der Waals surface area (Å²) in [5.41, 5.74) is 23.9. The first-order chi connectivity index (χ1) is 59.2. The van der Waals surface area contributed by atoms with E-state index in [0.717, 1.165) is 33.4 Å². The molecule has 0 heterocycles. The number of nitrogens with one attached hydrogen (secondary N) is 12. The Bertz CT molecular complexity index is 4390. The van der Waals surface area contributed by atoms with Crippen LogP contribution in [0.4, 0.5) is 22.8 Å². The quantitative estimate of drug-likeness (QED) is 0.0114. The maximum absolute atomic E-state index is 14.0. The minimum Gasteiger partial charge on any atom is -0.508 e. The van der Waals surface area contributed by atoms with Crippen molar-refractivity contribution in [2.24, 2.45) is 27.2 Å². The summed E-state index contributed by atoms with van der Waals surface area (Å²) < 4.78 is 31.7. The van der Waals surface area contributed by atoms with E-state index in [1.165, 1.54) is 24.3 Å². The number of aliphatic carboxylic acids is 1. The number of guanidine groups is 2. The molecule has 0 aliphatic carbocycles. The summed E-state index contributed by atoms with van der Waals surface area (Å²) in [6.45, 7) is 4.20. The largest absolute Gasteiger partial charge is 0.508 e. The highest BCUT2D eigenvalue weighted by Gasteiger charge is 2.38. The molecule has 8 aromatic rings. The van der Waals surface area contributed by atoms with Crippen LogP contribution in [0.2, 0.25) is 0 Å². The van der Waals surface area contributed by atoms with Gasteiger partial charge in [-0.3, -0.25) is 43.3 Å². The maximum atomic E-state index is 14.0. The van der Waals surface area contributed by atoms with E-state index in [0.29, 0.717) is 100 Å². The highest BCUT2D eigenvalue weighted by molar-refractivity contribution is 6.00. The van der Waals surface area contributed by atoms with Gasteiger partial charge in [0, 0.05) is 114 Å². The zero-order valence-electron chi connectivity index (χ0n) is 67.7. The van der Waals surface area contributed by atoms with Gasteiger partial charge in [-0.05, 0) is 158 Å². The number of amides is 12. The van der Waals surface area contributed by atoms with Crippen molar-refractivity contribution in [3.05, 3.63) is 274 Å². The molecule has 652 valence electrons. The van der Waals surface area contributed by atoms with Gasteiger partial charge in [0.2, 0.25) is 23.6 Å². The Hall–Kier alpha value is -14.2. The summed E-state index contributed by atoms with van der Waals surface area (Å²) in [7, 11) is 0. The third-order valence-electron chi connectivity index (χ3n) is 18.8. The highest BCUT2D eigenvalue weighted by atomic mass is 19.4. The van der Waals surface area contributed by atoms with Crippen LogP contribution in [0.3, 0.4) is 0 Å². The number of hydrogen-bond donors (Lipinski definition) is 18. The van der Waals surface area contributed by atoms with Crippen LogP contribution in [0.5, 0.6) is 11.5 Å². The van der Waals surface area contributed by atoms with Crippen molar-refractivity contribution in [3.63, 3.8) is 0 Å². The first-order valence-corrected chi connectivity index (χ1v) is 39.9. The molecule has 8 aromatic carbocycles. The number of nitrogens with zero attached hydrogens (tertiary/aromatic N) is 3. The molecule has 0 radical (unpaired) electrons. The van der Waals surface area contributed by atoms with Gasteiger partial charge < -0.3 is 96.3 Å². The third-order valence-corrected chi connectivity index (χ3v) is 18.8. The van der Waals surface area contributed by atoms with Crippen LogP contribution in [-0.4, -0.2) is 194 Å². The van der Waals surface area contributed by atoms with Gasteiger partial charge in [-0.15, -0.1) is 0 Å². The Balaban J connectivity index is 0.00000284. The number of phenols is 2. The summed E-state index contributed by atoms with van der Waals surface area (Å²) in [5.74, 6) is -7.09. The van der Waals surface area contributed by atoms with Gasteiger partial charge >= 0.3 is 24.2 Å². The molecular weight excluding hydrogens is 1590 g/mol. The third kappa shape index (κ3) is 35.3. The van der Waals surface area contributed by atoms with Gasteiger partial charge in [0.15, 0.2) is 11.9 Å². The average Bonchev–Trinajstić information content (AvgIpc) is 0.838. The van der Waals surface area contributed by atoms with Crippen LogP contribution in [-0.2, 0) is 37.1 Å². The molecule has 0 aliphatic heterocycles.